The molecule has 0 aromatic rings. The summed E-state index contributed by atoms with van der Waals surface area (Å²) < 4.78 is 0. The van der Waals surface area contributed by atoms with Crippen molar-refractivity contribution in [1.29, 1.82) is 5.26 Å². The van der Waals surface area contributed by atoms with Crippen LogP contribution in [0.15, 0.2) is 0 Å². The lowest BCUT2D eigenvalue weighted by molar-refractivity contribution is 0.518. The van der Waals surface area contributed by atoms with Crippen LogP contribution >= 0.6 is 0 Å². The molecule has 0 heterocycles. The molecule has 1 rings (SSSR count). The van der Waals surface area contributed by atoms with Crippen molar-refractivity contribution in [3.63, 3.8) is 0 Å². The molecule has 3 unspecified atom stereocenters. The Balaban J connectivity index is 2.76. The van der Waals surface area contributed by atoms with Gasteiger partial charge in [0, 0.05) is 5.31 Å². The van der Waals surface area contributed by atoms with Crippen molar-refractivity contribution in [1.82, 2.24) is 0 Å². The van der Waals surface area contributed by atoms with E-state index < -0.39 is 0 Å². The van der Waals surface area contributed by atoms with Crippen molar-refractivity contribution in [2.75, 3.05) is 0 Å². The molecule has 2 heteroatoms. The van der Waals surface area contributed by atoms with E-state index in [1.54, 1.807) is 0 Å². The van der Waals surface area contributed by atoms with Gasteiger partial charge in [0.15, 0.2) is 0 Å². The number of rotatable bonds is 2. The second-order valence-electron chi connectivity index (χ2n) is 5.01. The molecule has 0 aliphatic heterocycles. The van der Waals surface area contributed by atoms with Gasteiger partial charge in [0.25, 0.3) is 0 Å². The van der Waals surface area contributed by atoms with Gasteiger partial charge in [-0.3, -0.25) is 0 Å². The van der Waals surface area contributed by atoms with Gasteiger partial charge in [-0.2, -0.15) is 5.26 Å². The molecule has 0 aromatic carbocycles. The largest absolute Gasteiger partial charge is 0.199 e. The van der Waals surface area contributed by atoms with Gasteiger partial charge in [0.1, 0.15) is 7.28 Å². The van der Waals surface area contributed by atoms with E-state index in [9.17, 15) is 5.26 Å². The minimum absolute atomic E-state index is 0.131. The highest BCUT2D eigenvalue weighted by Crippen LogP contribution is 2.52. The highest BCUT2D eigenvalue weighted by atomic mass is 14.4. The highest BCUT2D eigenvalue weighted by Gasteiger charge is 2.44. The van der Waals surface area contributed by atoms with E-state index >= 15 is 0 Å². The second kappa shape index (κ2) is 3.74. The minimum Gasteiger partial charge on any atom is -0.199 e. The van der Waals surface area contributed by atoms with Gasteiger partial charge in [-0.25, -0.2) is 0 Å². The van der Waals surface area contributed by atoms with Crippen LogP contribution in [-0.2, 0) is 0 Å². The van der Waals surface area contributed by atoms with E-state index in [1.165, 1.54) is 6.42 Å². The summed E-state index contributed by atoms with van der Waals surface area (Å²) in [6, 6.07) is 2.53. The second-order valence-corrected chi connectivity index (χ2v) is 5.01. The lowest BCUT2D eigenvalue weighted by Gasteiger charge is -2.26. The summed E-state index contributed by atoms with van der Waals surface area (Å²) in [6.07, 6.45) is 2.26. The fourth-order valence-electron chi connectivity index (χ4n) is 2.70. The summed E-state index contributed by atoms with van der Waals surface area (Å²) in [5.74, 6) is 1.77. The third kappa shape index (κ3) is 2.07. The number of nitrogens with zero attached hydrogens (tertiary/aromatic N) is 1. The third-order valence-electron chi connectivity index (χ3n) is 3.16. The zero-order chi connectivity index (χ0) is 10.1. The quantitative estimate of drug-likeness (QED) is 0.592. The van der Waals surface area contributed by atoms with Crippen molar-refractivity contribution in [3.8, 4) is 6.07 Å². The van der Waals surface area contributed by atoms with Crippen LogP contribution in [-0.4, -0.2) is 7.28 Å². The maximum absolute atomic E-state index is 9.27. The molecule has 1 nitrogen and oxygen atoms in total. The summed E-state index contributed by atoms with van der Waals surface area (Å²) in [4.78, 5) is 0. The molecule has 1 saturated carbocycles. The molecule has 0 bridgehead atoms. The molecule has 1 aliphatic rings. The van der Waals surface area contributed by atoms with Gasteiger partial charge in [0.05, 0.1) is 6.07 Å². The van der Waals surface area contributed by atoms with Crippen molar-refractivity contribution in [2.24, 2.45) is 11.8 Å². The van der Waals surface area contributed by atoms with E-state index in [0.29, 0.717) is 17.7 Å². The highest BCUT2D eigenvalue weighted by molar-refractivity contribution is 6.43. The van der Waals surface area contributed by atoms with E-state index in [4.69, 9.17) is 0 Å². The molecule has 1 radical (unpaired) electrons. The molecule has 0 aromatic heterocycles. The number of hydrogen-bond donors (Lipinski definition) is 0. The molecular weight excluding hydrogens is 157 g/mol. The van der Waals surface area contributed by atoms with Crippen LogP contribution in [0.1, 0.15) is 40.5 Å². The van der Waals surface area contributed by atoms with Gasteiger partial charge in [0.2, 0.25) is 0 Å². The van der Waals surface area contributed by atoms with Crippen molar-refractivity contribution in [3.05, 3.63) is 0 Å². The fraction of sp³-hybridized carbons (Fsp3) is 0.909. The predicted octanol–water partition coefficient (Wildman–Crippen LogP) is 3.27. The first-order valence-corrected chi connectivity index (χ1v) is 5.27. The van der Waals surface area contributed by atoms with Gasteiger partial charge in [-0.15, -0.1) is 0 Å². The SMILES string of the molecule is CC(C)[B]C1(C#N)CC(C)CC1C. The standard InChI is InChI=1S/C11H19BN/c1-8(2)12-11(7-13)6-9(3)5-10(11)4/h8-10H,5-6H2,1-4H3. The number of nitriles is 1. The Morgan fingerprint density at radius 1 is 1.46 bits per heavy atom. The van der Waals surface area contributed by atoms with Crippen molar-refractivity contribution in [2.45, 2.75) is 51.7 Å². The Morgan fingerprint density at radius 3 is 2.38 bits per heavy atom. The third-order valence-corrected chi connectivity index (χ3v) is 3.16. The smallest absolute Gasteiger partial charge is 0.140 e. The normalized spacial score (nSPS) is 39.1. The van der Waals surface area contributed by atoms with Crippen LogP contribution in [0.2, 0.25) is 11.1 Å². The van der Waals surface area contributed by atoms with Gasteiger partial charge in [-0.05, 0) is 24.7 Å². The van der Waals surface area contributed by atoms with Crippen LogP contribution in [0, 0.1) is 23.2 Å². The van der Waals surface area contributed by atoms with Gasteiger partial charge >= 0.3 is 0 Å². The maximum atomic E-state index is 9.27. The molecule has 0 saturated heterocycles. The summed E-state index contributed by atoms with van der Waals surface area (Å²) in [6.45, 7) is 8.79. The molecule has 71 valence electrons. The van der Waals surface area contributed by atoms with E-state index in [1.807, 2.05) is 0 Å². The van der Waals surface area contributed by atoms with Gasteiger partial charge in [-0.1, -0.05) is 33.5 Å². The van der Waals surface area contributed by atoms with Crippen molar-refractivity contribution >= 4 is 7.28 Å². The molecule has 0 spiro atoms. The summed E-state index contributed by atoms with van der Waals surface area (Å²) in [5.41, 5.74) is 0. The predicted molar refractivity (Wildman–Crippen MR) is 56.7 cm³/mol. The van der Waals surface area contributed by atoms with Crippen molar-refractivity contribution < 1.29 is 0 Å². The Bertz CT molecular complexity index is 219. The Labute approximate surface area is 82.8 Å². The molecule has 1 aliphatic carbocycles. The lowest BCUT2D eigenvalue weighted by atomic mass is 9.43. The first-order valence-electron chi connectivity index (χ1n) is 5.27. The number of hydrogen-bond acceptors (Lipinski definition) is 1. The van der Waals surface area contributed by atoms with Gasteiger partial charge < -0.3 is 0 Å². The van der Waals surface area contributed by atoms with E-state index in [-0.39, 0.29) is 5.31 Å². The monoisotopic (exact) mass is 176 g/mol. The molecule has 0 N–H and O–H groups in total. The summed E-state index contributed by atoms with van der Waals surface area (Å²) in [5, 5.41) is 9.14. The van der Waals surface area contributed by atoms with Crippen LogP contribution < -0.4 is 0 Å². The average Bonchev–Trinajstić information content (AvgIpc) is 2.26. The zero-order valence-corrected chi connectivity index (χ0v) is 9.17. The molecule has 1 fully saturated rings. The van der Waals surface area contributed by atoms with E-state index in [0.717, 1.165) is 6.42 Å². The minimum atomic E-state index is -0.131. The average molecular weight is 176 g/mol. The van der Waals surface area contributed by atoms with E-state index in [2.05, 4.69) is 41.0 Å². The fourth-order valence-corrected chi connectivity index (χ4v) is 2.70. The maximum Gasteiger partial charge on any atom is 0.140 e. The Hall–Kier alpha value is -0.445. The topological polar surface area (TPSA) is 23.8 Å². The summed E-state index contributed by atoms with van der Waals surface area (Å²) >= 11 is 0. The zero-order valence-electron chi connectivity index (χ0n) is 9.17. The summed E-state index contributed by atoms with van der Waals surface area (Å²) in [7, 11) is 2.25. The van der Waals surface area contributed by atoms with Crippen LogP contribution in [0.5, 0.6) is 0 Å². The van der Waals surface area contributed by atoms with Crippen LogP contribution in [0.4, 0.5) is 0 Å². The molecule has 13 heavy (non-hydrogen) atoms. The first-order chi connectivity index (χ1) is 6.00. The molecular formula is C11H19BN. The van der Waals surface area contributed by atoms with Crippen LogP contribution in [0.25, 0.3) is 0 Å². The Kier molecular flexibility index (Phi) is 3.06. The lowest BCUT2D eigenvalue weighted by Crippen LogP contribution is -2.23. The first kappa shape index (κ1) is 10.6. The molecule has 3 atom stereocenters. The van der Waals surface area contributed by atoms with Crippen LogP contribution in [0.3, 0.4) is 0 Å². The Morgan fingerprint density at radius 2 is 2.08 bits per heavy atom. The molecule has 0 amide bonds.